The van der Waals surface area contributed by atoms with Crippen LogP contribution in [-0.4, -0.2) is 74.6 Å². The van der Waals surface area contributed by atoms with E-state index in [1.807, 2.05) is 11.7 Å². The van der Waals surface area contributed by atoms with E-state index in [1.165, 1.54) is 11.9 Å². The van der Waals surface area contributed by atoms with Crippen molar-refractivity contribution in [2.75, 3.05) is 32.8 Å². The summed E-state index contributed by atoms with van der Waals surface area (Å²) >= 11 is 0. The highest BCUT2D eigenvalue weighted by Gasteiger charge is 2.22. The molecule has 2 aromatic heterocycles. The molecule has 0 spiro atoms. The zero-order valence-corrected chi connectivity index (χ0v) is 16.0. The van der Waals surface area contributed by atoms with Gasteiger partial charge < -0.3 is 15.2 Å². The Morgan fingerprint density at radius 2 is 2.29 bits per heavy atom. The van der Waals surface area contributed by atoms with E-state index in [4.69, 9.17) is 4.74 Å². The third-order valence-corrected chi connectivity index (χ3v) is 5.19. The third-order valence-electron chi connectivity index (χ3n) is 5.19. The van der Waals surface area contributed by atoms with Gasteiger partial charge in [-0.05, 0) is 24.5 Å². The van der Waals surface area contributed by atoms with Crippen molar-refractivity contribution in [2.45, 2.75) is 25.5 Å². The van der Waals surface area contributed by atoms with Gasteiger partial charge in [0, 0.05) is 51.0 Å². The number of hydrogen-bond acceptors (Lipinski definition) is 7. The van der Waals surface area contributed by atoms with E-state index in [9.17, 15) is 9.90 Å². The molecule has 0 radical (unpaired) electrons. The number of aliphatic hydroxyl groups excluding tert-OH is 1. The molecule has 0 saturated carbocycles. The number of carbonyl (C=O) groups excluding carboxylic acids is 1. The van der Waals surface area contributed by atoms with Crippen LogP contribution in [0.1, 0.15) is 27.4 Å². The highest BCUT2D eigenvalue weighted by molar-refractivity contribution is 5.92. The number of fused-ring (bicyclic) bond motifs is 1. The largest absolute Gasteiger partial charge is 0.390 e. The van der Waals surface area contributed by atoms with E-state index in [0.29, 0.717) is 18.2 Å². The molecule has 2 aliphatic heterocycles. The summed E-state index contributed by atoms with van der Waals surface area (Å²) in [4.78, 5) is 22.8. The van der Waals surface area contributed by atoms with Gasteiger partial charge in [-0.2, -0.15) is 5.10 Å². The molecule has 2 N–H and O–H groups in total. The van der Waals surface area contributed by atoms with Crippen LogP contribution in [-0.2, 0) is 31.2 Å². The molecular formula is C19H26N6O3. The maximum atomic E-state index is 12.4. The molecule has 0 aliphatic carbocycles. The van der Waals surface area contributed by atoms with Gasteiger partial charge in [-0.1, -0.05) is 0 Å². The topological polar surface area (TPSA) is 105 Å². The molecule has 9 nitrogen and oxygen atoms in total. The number of aromatic nitrogens is 4. The van der Waals surface area contributed by atoms with Crippen LogP contribution in [0.5, 0.6) is 0 Å². The third kappa shape index (κ3) is 4.54. The fourth-order valence-corrected chi connectivity index (χ4v) is 3.65. The number of nitrogens with zero attached hydrogens (tertiary/aromatic N) is 5. The van der Waals surface area contributed by atoms with Gasteiger partial charge in [0.2, 0.25) is 0 Å². The molecule has 2 aliphatic rings. The number of aliphatic hydroxyl groups is 1. The predicted molar refractivity (Wildman–Crippen MR) is 101 cm³/mol. The van der Waals surface area contributed by atoms with E-state index in [0.717, 1.165) is 50.5 Å². The van der Waals surface area contributed by atoms with Gasteiger partial charge >= 0.3 is 0 Å². The van der Waals surface area contributed by atoms with E-state index < -0.39 is 6.10 Å². The summed E-state index contributed by atoms with van der Waals surface area (Å²) in [7, 11) is 1.92. The monoisotopic (exact) mass is 386 g/mol. The average molecular weight is 386 g/mol. The average Bonchev–Trinajstić information content (AvgIpc) is 3.02. The van der Waals surface area contributed by atoms with E-state index in [1.54, 1.807) is 6.07 Å². The summed E-state index contributed by atoms with van der Waals surface area (Å²) in [5, 5.41) is 17.6. The number of rotatable bonds is 7. The van der Waals surface area contributed by atoms with Crippen molar-refractivity contribution in [3.63, 3.8) is 0 Å². The standard InChI is InChI=1S/C19H26N6O3/c1-24-7-14-2-3-25(9-18(14)23-24)8-16(26)6-20-19(27)17-5-15(21-12-22-17)4-13-10-28-11-13/h5,7,12-13,16,26H,2-4,6,8-11H2,1H3,(H,20,27)/t16-/m0/s1. The maximum absolute atomic E-state index is 12.4. The molecule has 1 amide bonds. The van der Waals surface area contributed by atoms with Crippen molar-refractivity contribution in [3.8, 4) is 0 Å². The number of ether oxygens (including phenoxy) is 1. The Hall–Kier alpha value is -2.36. The predicted octanol–water partition coefficient (Wildman–Crippen LogP) is -0.452. The smallest absolute Gasteiger partial charge is 0.270 e. The first kappa shape index (κ1) is 19.0. The van der Waals surface area contributed by atoms with Crippen LogP contribution in [0.25, 0.3) is 0 Å². The first-order chi connectivity index (χ1) is 13.6. The molecule has 28 heavy (non-hydrogen) atoms. The van der Waals surface area contributed by atoms with Gasteiger partial charge in [-0.3, -0.25) is 14.4 Å². The minimum Gasteiger partial charge on any atom is -0.390 e. The van der Waals surface area contributed by atoms with Crippen molar-refractivity contribution >= 4 is 5.91 Å². The molecule has 9 heteroatoms. The highest BCUT2D eigenvalue weighted by atomic mass is 16.5. The molecule has 0 unspecified atom stereocenters. The second kappa shape index (κ2) is 8.34. The number of nitrogens with one attached hydrogen (secondary N) is 1. The number of β-amino-alcohol motifs (C(OH)–C–C–N with tert-alkyl or cyclic N) is 1. The number of hydrogen-bond donors (Lipinski definition) is 2. The van der Waals surface area contributed by atoms with Crippen molar-refractivity contribution in [1.82, 2.24) is 30.0 Å². The maximum Gasteiger partial charge on any atom is 0.270 e. The lowest BCUT2D eigenvalue weighted by molar-refractivity contribution is -0.0316. The van der Waals surface area contributed by atoms with E-state index >= 15 is 0 Å². The quantitative estimate of drug-likeness (QED) is 0.664. The summed E-state index contributed by atoms with van der Waals surface area (Å²) < 4.78 is 7.01. The van der Waals surface area contributed by atoms with Gasteiger partial charge in [0.05, 0.1) is 25.0 Å². The first-order valence-corrected chi connectivity index (χ1v) is 9.65. The highest BCUT2D eigenvalue weighted by Crippen LogP contribution is 2.17. The van der Waals surface area contributed by atoms with Crippen LogP contribution >= 0.6 is 0 Å². The molecule has 4 heterocycles. The molecule has 0 aromatic carbocycles. The lowest BCUT2D eigenvalue weighted by Crippen LogP contribution is -2.42. The van der Waals surface area contributed by atoms with Crippen LogP contribution in [0.3, 0.4) is 0 Å². The minimum atomic E-state index is -0.650. The molecule has 1 atom stereocenters. The lowest BCUT2D eigenvalue weighted by Gasteiger charge is -2.28. The van der Waals surface area contributed by atoms with Crippen LogP contribution in [0.4, 0.5) is 0 Å². The fraction of sp³-hybridized carbons (Fsp3) is 0.579. The van der Waals surface area contributed by atoms with Crippen molar-refractivity contribution in [3.05, 3.63) is 41.2 Å². The second-order valence-corrected chi connectivity index (χ2v) is 7.63. The fourth-order valence-electron chi connectivity index (χ4n) is 3.65. The molecule has 1 fully saturated rings. The summed E-state index contributed by atoms with van der Waals surface area (Å²) in [6, 6.07) is 1.72. The second-order valence-electron chi connectivity index (χ2n) is 7.63. The molecule has 2 aromatic rings. The Morgan fingerprint density at radius 1 is 1.43 bits per heavy atom. The van der Waals surface area contributed by atoms with Gasteiger partial charge in [0.15, 0.2) is 0 Å². The zero-order chi connectivity index (χ0) is 19.5. The van der Waals surface area contributed by atoms with Crippen molar-refractivity contribution in [2.24, 2.45) is 13.0 Å². The van der Waals surface area contributed by atoms with Crippen LogP contribution in [0, 0.1) is 5.92 Å². The van der Waals surface area contributed by atoms with Crippen molar-refractivity contribution < 1.29 is 14.6 Å². The van der Waals surface area contributed by atoms with Crippen molar-refractivity contribution in [1.29, 1.82) is 0 Å². The van der Waals surface area contributed by atoms with Crippen LogP contribution < -0.4 is 5.32 Å². The molecule has 4 rings (SSSR count). The van der Waals surface area contributed by atoms with E-state index in [-0.39, 0.29) is 12.5 Å². The molecular weight excluding hydrogens is 360 g/mol. The van der Waals surface area contributed by atoms with Gasteiger partial charge in [-0.25, -0.2) is 9.97 Å². The zero-order valence-electron chi connectivity index (χ0n) is 16.0. The van der Waals surface area contributed by atoms with E-state index in [2.05, 4.69) is 31.5 Å². The SMILES string of the molecule is Cn1cc2c(n1)CN(C[C@@H](O)CNC(=O)c1cc(CC3COC3)ncn1)CC2. The number of carbonyl (C=O) groups is 1. The Balaban J connectivity index is 1.25. The molecule has 150 valence electrons. The number of aryl methyl sites for hydroxylation is 1. The normalized spacial score (nSPS) is 18.4. The molecule has 0 bridgehead atoms. The van der Waals surface area contributed by atoms with Crippen LogP contribution in [0.2, 0.25) is 0 Å². The Bertz CT molecular complexity index is 835. The number of amides is 1. The first-order valence-electron chi connectivity index (χ1n) is 9.65. The Morgan fingerprint density at radius 3 is 3.07 bits per heavy atom. The lowest BCUT2D eigenvalue weighted by atomic mass is 10.0. The van der Waals surface area contributed by atoms with Gasteiger partial charge in [0.1, 0.15) is 12.0 Å². The summed E-state index contributed by atoms with van der Waals surface area (Å²) in [5.74, 6) is 0.176. The molecule has 1 saturated heterocycles. The Kier molecular flexibility index (Phi) is 5.65. The van der Waals surface area contributed by atoms with Gasteiger partial charge in [0.25, 0.3) is 5.91 Å². The van der Waals surface area contributed by atoms with Crippen LogP contribution in [0.15, 0.2) is 18.6 Å². The summed E-state index contributed by atoms with van der Waals surface area (Å²) in [5.41, 5.74) is 3.51. The Labute approximate surface area is 163 Å². The minimum absolute atomic E-state index is 0.181. The summed E-state index contributed by atoms with van der Waals surface area (Å²) in [6.45, 7) is 3.76. The van der Waals surface area contributed by atoms with Gasteiger partial charge in [-0.15, -0.1) is 0 Å². The summed E-state index contributed by atoms with van der Waals surface area (Å²) in [6.07, 6.45) is 4.53.